The van der Waals surface area contributed by atoms with Gasteiger partial charge in [-0.25, -0.2) is 0 Å². The average Bonchev–Trinajstić information content (AvgIpc) is 2.66. The fourth-order valence-electron chi connectivity index (χ4n) is 2.61. The normalized spacial score (nSPS) is 11.1. The highest BCUT2D eigenvalue weighted by Crippen LogP contribution is 2.29. The molecule has 150 valence electrons. The van der Waals surface area contributed by atoms with Crippen molar-refractivity contribution < 1.29 is 22.8 Å². The number of hydrogen-bond acceptors (Lipinski definition) is 2. The van der Waals surface area contributed by atoms with Crippen molar-refractivity contribution in [1.29, 1.82) is 0 Å². The SMILES string of the molecule is CCCCCc1ccc(C(=O)NCC(=O)Nc2ccc(C(F)(F)F)cc2)cc1. The molecule has 0 fully saturated rings. The van der Waals surface area contributed by atoms with Gasteiger partial charge in [0.1, 0.15) is 0 Å². The Bertz CT molecular complexity index is 785. The first-order chi connectivity index (χ1) is 13.3. The van der Waals surface area contributed by atoms with Crippen LogP contribution in [-0.4, -0.2) is 18.4 Å². The Labute approximate surface area is 162 Å². The van der Waals surface area contributed by atoms with Crippen molar-refractivity contribution >= 4 is 17.5 Å². The smallest absolute Gasteiger partial charge is 0.343 e. The lowest BCUT2D eigenvalue weighted by Gasteiger charge is -2.09. The number of carbonyl (C=O) groups is 2. The number of anilines is 1. The third-order valence-corrected chi connectivity index (χ3v) is 4.19. The van der Waals surface area contributed by atoms with E-state index < -0.39 is 17.6 Å². The summed E-state index contributed by atoms with van der Waals surface area (Å²) in [6.45, 7) is 1.86. The fourth-order valence-corrected chi connectivity index (χ4v) is 2.61. The number of rotatable bonds is 8. The Morgan fingerprint density at radius 3 is 2.14 bits per heavy atom. The molecular formula is C21H23F3N2O2. The van der Waals surface area contributed by atoms with Gasteiger partial charge in [0.25, 0.3) is 5.91 Å². The molecule has 0 unspecified atom stereocenters. The fraction of sp³-hybridized carbons (Fsp3) is 0.333. The second-order valence-corrected chi connectivity index (χ2v) is 6.46. The number of unbranched alkanes of at least 4 members (excludes halogenated alkanes) is 2. The van der Waals surface area contributed by atoms with Crippen molar-refractivity contribution in [2.45, 2.75) is 38.8 Å². The Morgan fingerprint density at radius 1 is 0.929 bits per heavy atom. The summed E-state index contributed by atoms with van der Waals surface area (Å²) in [5.41, 5.74) is 1.03. The van der Waals surface area contributed by atoms with Gasteiger partial charge in [0, 0.05) is 11.3 Å². The topological polar surface area (TPSA) is 58.2 Å². The molecule has 0 aliphatic heterocycles. The second kappa shape index (κ2) is 9.92. The molecule has 0 heterocycles. The van der Waals surface area contributed by atoms with E-state index in [4.69, 9.17) is 0 Å². The van der Waals surface area contributed by atoms with Crippen LogP contribution >= 0.6 is 0 Å². The molecule has 2 amide bonds. The summed E-state index contributed by atoms with van der Waals surface area (Å²) in [4.78, 5) is 24.0. The Balaban J connectivity index is 1.81. The van der Waals surface area contributed by atoms with Crippen LogP contribution < -0.4 is 10.6 Å². The molecule has 0 saturated carbocycles. The highest BCUT2D eigenvalue weighted by molar-refractivity contribution is 5.99. The van der Waals surface area contributed by atoms with Crippen molar-refractivity contribution in [1.82, 2.24) is 5.32 Å². The third kappa shape index (κ3) is 6.72. The van der Waals surface area contributed by atoms with E-state index in [1.165, 1.54) is 12.1 Å². The molecule has 0 atom stereocenters. The van der Waals surface area contributed by atoms with Gasteiger partial charge in [0.05, 0.1) is 12.1 Å². The Morgan fingerprint density at radius 2 is 1.57 bits per heavy atom. The number of aryl methyl sites for hydroxylation is 1. The second-order valence-electron chi connectivity index (χ2n) is 6.46. The number of carbonyl (C=O) groups excluding carboxylic acids is 2. The van der Waals surface area contributed by atoms with Crippen molar-refractivity contribution in [2.24, 2.45) is 0 Å². The molecule has 0 saturated heterocycles. The molecule has 0 aliphatic carbocycles. The van der Waals surface area contributed by atoms with E-state index in [1.54, 1.807) is 12.1 Å². The van der Waals surface area contributed by atoms with E-state index in [-0.39, 0.29) is 18.1 Å². The number of alkyl halides is 3. The molecule has 0 spiro atoms. The summed E-state index contributed by atoms with van der Waals surface area (Å²) in [6, 6.07) is 11.3. The van der Waals surface area contributed by atoms with E-state index in [1.807, 2.05) is 12.1 Å². The predicted octanol–water partition coefficient (Wildman–Crippen LogP) is 4.81. The van der Waals surface area contributed by atoms with Crippen LogP contribution in [-0.2, 0) is 17.4 Å². The van der Waals surface area contributed by atoms with Gasteiger partial charge in [0.15, 0.2) is 0 Å². The lowest BCUT2D eigenvalue weighted by molar-refractivity contribution is -0.137. The quantitative estimate of drug-likeness (QED) is 0.634. The van der Waals surface area contributed by atoms with Crippen LogP contribution in [0.2, 0.25) is 0 Å². The molecule has 2 aromatic rings. The van der Waals surface area contributed by atoms with Crippen LogP contribution in [0.15, 0.2) is 48.5 Å². The summed E-state index contributed by atoms with van der Waals surface area (Å²) in [6.07, 6.45) is -0.0508. The van der Waals surface area contributed by atoms with Crippen LogP contribution in [0.3, 0.4) is 0 Å². The van der Waals surface area contributed by atoms with E-state index >= 15 is 0 Å². The van der Waals surface area contributed by atoms with Crippen molar-refractivity contribution in [3.63, 3.8) is 0 Å². The minimum Gasteiger partial charge on any atom is -0.343 e. The van der Waals surface area contributed by atoms with Gasteiger partial charge in [-0.15, -0.1) is 0 Å². The third-order valence-electron chi connectivity index (χ3n) is 4.19. The summed E-state index contributed by atoms with van der Waals surface area (Å²) >= 11 is 0. The minimum atomic E-state index is -4.43. The molecule has 0 aliphatic rings. The van der Waals surface area contributed by atoms with Gasteiger partial charge < -0.3 is 10.6 Å². The van der Waals surface area contributed by atoms with E-state index in [2.05, 4.69) is 17.6 Å². The van der Waals surface area contributed by atoms with Crippen LogP contribution in [0.1, 0.15) is 47.7 Å². The van der Waals surface area contributed by atoms with Crippen LogP contribution in [0, 0.1) is 0 Å². The summed E-state index contributed by atoms with van der Waals surface area (Å²) in [5.74, 6) is -0.910. The van der Waals surface area contributed by atoms with Crippen LogP contribution in [0.5, 0.6) is 0 Å². The highest BCUT2D eigenvalue weighted by atomic mass is 19.4. The summed E-state index contributed by atoms with van der Waals surface area (Å²) < 4.78 is 37.6. The maximum atomic E-state index is 12.5. The van der Waals surface area contributed by atoms with Crippen molar-refractivity contribution in [3.05, 3.63) is 65.2 Å². The first-order valence-corrected chi connectivity index (χ1v) is 9.14. The van der Waals surface area contributed by atoms with E-state index in [0.717, 1.165) is 43.4 Å². The molecule has 0 radical (unpaired) electrons. The lowest BCUT2D eigenvalue weighted by Crippen LogP contribution is -2.32. The zero-order chi connectivity index (χ0) is 20.6. The van der Waals surface area contributed by atoms with Gasteiger partial charge in [-0.3, -0.25) is 9.59 Å². The maximum absolute atomic E-state index is 12.5. The van der Waals surface area contributed by atoms with E-state index in [0.29, 0.717) is 5.56 Å². The van der Waals surface area contributed by atoms with Crippen LogP contribution in [0.4, 0.5) is 18.9 Å². The van der Waals surface area contributed by atoms with Gasteiger partial charge in [-0.1, -0.05) is 31.9 Å². The number of nitrogens with one attached hydrogen (secondary N) is 2. The molecule has 7 heteroatoms. The van der Waals surface area contributed by atoms with Crippen molar-refractivity contribution in [3.8, 4) is 0 Å². The molecule has 2 aromatic carbocycles. The standard InChI is InChI=1S/C21H23F3N2O2/c1-2-3-4-5-15-6-8-16(9-7-15)20(28)25-14-19(27)26-18-12-10-17(11-13-18)21(22,23)24/h6-13H,2-5,14H2,1H3,(H,25,28)(H,26,27). The molecule has 4 nitrogen and oxygen atoms in total. The maximum Gasteiger partial charge on any atom is 0.416 e. The molecule has 2 rings (SSSR count). The molecular weight excluding hydrogens is 369 g/mol. The predicted molar refractivity (Wildman–Crippen MR) is 102 cm³/mol. The largest absolute Gasteiger partial charge is 0.416 e. The number of halogens is 3. The zero-order valence-corrected chi connectivity index (χ0v) is 15.6. The van der Waals surface area contributed by atoms with Gasteiger partial charge in [-0.2, -0.15) is 13.2 Å². The molecule has 2 N–H and O–H groups in total. The lowest BCUT2D eigenvalue weighted by atomic mass is 10.1. The highest BCUT2D eigenvalue weighted by Gasteiger charge is 2.29. The first-order valence-electron chi connectivity index (χ1n) is 9.14. The van der Waals surface area contributed by atoms with Gasteiger partial charge in [-0.05, 0) is 54.8 Å². The van der Waals surface area contributed by atoms with Gasteiger partial charge >= 0.3 is 6.18 Å². The molecule has 0 bridgehead atoms. The minimum absolute atomic E-state index is 0.226. The average molecular weight is 392 g/mol. The number of benzene rings is 2. The van der Waals surface area contributed by atoms with Gasteiger partial charge in [0.2, 0.25) is 5.91 Å². The van der Waals surface area contributed by atoms with Crippen molar-refractivity contribution in [2.75, 3.05) is 11.9 Å². The summed E-state index contributed by atoms with van der Waals surface area (Å²) in [5, 5.41) is 4.94. The number of hydrogen-bond donors (Lipinski definition) is 2. The zero-order valence-electron chi connectivity index (χ0n) is 15.6. The first kappa shape index (κ1) is 21.5. The van der Waals surface area contributed by atoms with E-state index in [9.17, 15) is 22.8 Å². The number of amides is 2. The molecule has 28 heavy (non-hydrogen) atoms. The Kier molecular flexibility index (Phi) is 7.61. The summed E-state index contributed by atoms with van der Waals surface area (Å²) in [7, 11) is 0. The monoisotopic (exact) mass is 392 g/mol. The molecule has 0 aromatic heterocycles. The van der Waals surface area contributed by atoms with Crippen LogP contribution in [0.25, 0.3) is 0 Å². The Hall–Kier alpha value is -2.83.